The van der Waals surface area contributed by atoms with E-state index in [2.05, 4.69) is 45.4 Å². The molecule has 8 atom stereocenters. The van der Waals surface area contributed by atoms with Gasteiger partial charge in [-0.05, 0) is 31.6 Å². The summed E-state index contributed by atoms with van der Waals surface area (Å²) in [5, 5.41) is 0. The van der Waals surface area contributed by atoms with Gasteiger partial charge in [-0.25, -0.2) is 0 Å². The maximum atomic E-state index is 11.2. The maximum absolute atomic E-state index is 11.2. The highest BCUT2D eigenvalue weighted by molar-refractivity contribution is 7.10. The fraction of sp³-hybridized carbons (Fsp3) is 0.762. The summed E-state index contributed by atoms with van der Waals surface area (Å²) in [6.45, 7) is 2.18. The van der Waals surface area contributed by atoms with Crippen molar-refractivity contribution in [1.29, 1.82) is 2.56 Å². The molecule has 3 unspecified atom stereocenters. The summed E-state index contributed by atoms with van der Waals surface area (Å²) in [5.74, 6) is 0.197. The van der Waals surface area contributed by atoms with Gasteiger partial charge in [-0.3, -0.25) is 4.79 Å². The first kappa shape index (κ1) is 23.8. The van der Waals surface area contributed by atoms with Crippen molar-refractivity contribution in [3.8, 4) is 0 Å². The lowest BCUT2D eigenvalue weighted by molar-refractivity contribution is -0.140. The predicted molar refractivity (Wildman–Crippen MR) is 128 cm³/mol. The van der Waals surface area contributed by atoms with E-state index in [0.717, 1.165) is 51.4 Å². The SMILES string of the molecule is [3H]PO[C@H](/C=C/[C@@H]1[C@@H](C/C=C\CCCC(=O)OC)[C@@H](OP)C[C@H]1OP[3H])CCCCC. The van der Waals surface area contributed by atoms with E-state index in [1.165, 1.54) is 7.11 Å². The maximum Gasteiger partial charge on any atom is 0.305 e. The van der Waals surface area contributed by atoms with E-state index in [4.69, 9.17) is 16.1 Å². The highest BCUT2D eigenvalue weighted by Crippen LogP contribution is 2.41. The fourth-order valence-corrected chi connectivity index (χ4v) is 4.59. The summed E-state index contributed by atoms with van der Waals surface area (Å²) in [6.07, 6.45) is 16.4. The molecule has 168 valence electrons. The molecule has 0 aliphatic heterocycles. The zero-order valence-electron chi connectivity index (χ0n) is 19.7. The number of esters is 1. The second kappa shape index (κ2) is 16.8. The lowest BCUT2D eigenvalue weighted by Gasteiger charge is -2.22. The molecule has 1 rings (SSSR count). The number of hydrogen-bond acceptors (Lipinski definition) is 5. The molecule has 5 nitrogen and oxygen atoms in total. The van der Waals surface area contributed by atoms with E-state index in [0.29, 0.717) is 6.42 Å². The summed E-state index contributed by atoms with van der Waals surface area (Å²) in [6, 6.07) is 0. The van der Waals surface area contributed by atoms with E-state index in [-0.39, 0.29) is 54.9 Å². The molecule has 0 amide bonds. The third-order valence-electron chi connectivity index (χ3n) is 5.54. The normalized spacial score (nSPS) is 27.6. The number of rotatable bonds is 17. The van der Waals surface area contributed by atoms with Gasteiger partial charge in [0.25, 0.3) is 0 Å². The molecule has 1 aliphatic carbocycles. The van der Waals surface area contributed by atoms with Gasteiger partial charge >= 0.3 is 5.97 Å². The van der Waals surface area contributed by atoms with Gasteiger partial charge in [0, 0.05) is 47.0 Å². The van der Waals surface area contributed by atoms with E-state index >= 15 is 0 Å². The van der Waals surface area contributed by atoms with Crippen molar-refractivity contribution in [1.82, 2.24) is 0 Å². The van der Waals surface area contributed by atoms with E-state index in [1.807, 2.05) is 0 Å². The van der Waals surface area contributed by atoms with Gasteiger partial charge in [0.15, 0.2) is 0 Å². The van der Waals surface area contributed by atoms with Crippen LogP contribution in [0.25, 0.3) is 0 Å². The van der Waals surface area contributed by atoms with Crippen LogP contribution in [-0.4, -0.2) is 33.9 Å². The highest BCUT2D eigenvalue weighted by atomic mass is 31.0. The Kier molecular flexibility index (Phi) is 13.7. The molecule has 0 spiro atoms. The molecule has 0 bridgehead atoms. The molecule has 1 aliphatic rings. The van der Waals surface area contributed by atoms with Gasteiger partial charge < -0.3 is 18.3 Å². The van der Waals surface area contributed by atoms with Crippen molar-refractivity contribution in [2.24, 2.45) is 11.8 Å². The van der Waals surface area contributed by atoms with Crippen molar-refractivity contribution < 1.29 is 23.1 Å². The van der Waals surface area contributed by atoms with Crippen molar-refractivity contribution in [2.75, 3.05) is 7.11 Å². The average molecular weight is 468 g/mol. The number of methoxy groups -OCH3 is 1. The minimum absolute atomic E-state index is 0.0400. The van der Waals surface area contributed by atoms with Crippen LogP contribution in [0.15, 0.2) is 24.3 Å². The molecular formula is C21H39O5P3. The van der Waals surface area contributed by atoms with Crippen LogP contribution in [0.2, 0.25) is 0 Å². The Bertz CT molecular complexity index is 539. The van der Waals surface area contributed by atoms with E-state index in [1.54, 1.807) is 0 Å². The predicted octanol–water partition coefficient (Wildman–Crippen LogP) is 5.57. The van der Waals surface area contributed by atoms with E-state index < -0.39 is 0 Å². The van der Waals surface area contributed by atoms with Gasteiger partial charge in [-0.1, -0.05) is 50.5 Å². The first-order chi connectivity index (χ1) is 15.1. The molecule has 0 saturated heterocycles. The van der Waals surface area contributed by atoms with Gasteiger partial charge in [0.1, 0.15) is 0 Å². The Balaban J connectivity index is 2.77. The Labute approximate surface area is 186 Å². The minimum Gasteiger partial charge on any atom is -0.469 e. The highest BCUT2D eigenvalue weighted by Gasteiger charge is 2.41. The monoisotopic (exact) mass is 468 g/mol. The van der Waals surface area contributed by atoms with Crippen LogP contribution in [-0.2, 0) is 23.1 Å². The van der Waals surface area contributed by atoms with Gasteiger partial charge in [0.2, 0.25) is 0 Å². The van der Waals surface area contributed by atoms with Crippen molar-refractivity contribution in [2.45, 2.75) is 83.0 Å². The standard InChI is InChI=1S/C21H39O5P3/c1-3-4-7-10-16(24-27)13-14-18-17(19(25-28)15-20(18)26-29)11-8-5-6-9-12-21(22)23-2/h5,8,13-14,16-20H,3-4,6-7,9-12,15,27-29H2,1-2H3/b8-5-,14-13+/t16-,17+,18+,19-,20+/m0/s1/i27T,29T/t16-,17+,18+,19-,20+,27?,29?. The van der Waals surface area contributed by atoms with Crippen molar-refractivity contribution >= 4 is 34.3 Å². The summed E-state index contributed by atoms with van der Waals surface area (Å²) in [5.41, 5.74) is 0. The number of allylic oxidation sites excluding steroid dienone is 2. The van der Waals surface area contributed by atoms with Gasteiger partial charge in [-0.2, -0.15) is 0 Å². The van der Waals surface area contributed by atoms with Gasteiger partial charge in [0.05, 0.1) is 28.0 Å². The molecule has 29 heavy (non-hydrogen) atoms. The molecule has 0 N–H and O–H groups in total. The third kappa shape index (κ3) is 10.3. The second-order valence-electron chi connectivity index (χ2n) is 7.52. The van der Waals surface area contributed by atoms with Gasteiger partial charge in [-0.15, -0.1) is 0 Å². The number of ether oxygens (including phenoxy) is 1. The van der Waals surface area contributed by atoms with Crippen LogP contribution in [0.3, 0.4) is 0 Å². The smallest absolute Gasteiger partial charge is 0.305 e. The third-order valence-corrected chi connectivity index (χ3v) is 6.49. The summed E-state index contributed by atoms with van der Waals surface area (Å²) >= 11 is 0. The molecule has 1 fully saturated rings. The van der Waals surface area contributed by atoms with Crippen LogP contribution in [0.4, 0.5) is 0 Å². The van der Waals surface area contributed by atoms with Crippen LogP contribution in [0, 0.1) is 11.8 Å². The first-order valence-electron chi connectivity index (χ1n) is 11.5. The molecule has 0 radical (unpaired) electrons. The van der Waals surface area contributed by atoms with Crippen molar-refractivity contribution in [3.05, 3.63) is 24.3 Å². The molecular weight excluding hydrogens is 425 g/mol. The zero-order chi connectivity index (χ0) is 22.9. The summed E-state index contributed by atoms with van der Waals surface area (Å²) in [7, 11) is 3.20. The fourth-order valence-electron chi connectivity index (χ4n) is 3.82. The van der Waals surface area contributed by atoms with Crippen LogP contribution in [0.5, 0.6) is 0 Å². The second-order valence-corrected chi connectivity index (χ2v) is 8.26. The lowest BCUT2D eigenvalue weighted by atomic mass is 9.89. The number of unbranched alkanes of at least 4 members (excludes halogenated alkanes) is 3. The van der Waals surface area contributed by atoms with E-state index in [9.17, 15) is 4.79 Å². The molecule has 0 aromatic carbocycles. The van der Waals surface area contributed by atoms with Crippen LogP contribution < -0.4 is 0 Å². The number of carbonyl (C=O) groups is 1. The Morgan fingerprint density at radius 3 is 2.76 bits per heavy atom. The zero-order valence-corrected chi connectivity index (χ0v) is 20.8. The molecule has 8 heteroatoms. The number of hydrogen-bond donors (Lipinski definition) is 0. The average Bonchev–Trinajstić information content (AvgIpc) is 3.10. The summed E-state index contributed by atoms with van der Waals surface area (Å²) < 4.78 is 36.7. The Morgan fingerprint density at radius 2 is 2.07 bits per heavy atom. The summed E-state index contributed by atoms with van der Waals surface area (Å²) in [4.78, 5) is 11.2. The Hall–Kier alpha value is 0.120. The molecule has 0 heterocycles. The molecule has 0 aromatic heterocycles. The lowest BCUT2D eigenvalue weighted by Crippen LogP contribution is -2.21. The Morgan fingerprint density at radius 1 is 1.21 bits per heavy atom. The number of carbonyl (C=O) groups excluding carboxylic acids is 1. The topological polar surface area (TPSA) is 54.0 Å². The van der Waals surface area contributed by atoms with Crippen LogP contribution in [0.1, 0.15) is 64.7 Å². The molecule has 1 saturated carbocycles. The minimum atomic E-state index is -0.310. The molecule has 0 aromatic rings. The van der Waals surface area contributed by atoms with Crippen LogP contribution >= 0.6 is 28.3 Å². The quantitative estimate of drug-likeness (QED) is 0.121. The van der Waals surface area contributed by atoms with Crippen molar-refractivity contribution in [3.63, 3.8) is 0 Å². The first-order valence-corrected chi connectivity index (χ1v) is 11.8. The largest absolute Gasteiger partial charge is 0.469 e.